The molecule has 112 valence electrons. The van der Waals surface area contributed by atoms with Crippen molar-refractivity contribution in [3.05, 3.63) is 65.2 Å². The van der Waals surface area contributed by atoms with E-state index in [0.717, 1.165) is 36.8 Å². The quantitative estimate of drug-likeness (QED) is 0.789. The zero-order chi connectivity index (χ0) is 14.9. The van der Waals surface area contributed by atoms with Crippen LogP contribution in [0, 0.1) is 5.92 Å². The van der Waals surface area contributed by atoms with E-state index in [1.165, 1.54) is 5.56 Å². The Bertz CT molecular complexity index is 513. The molecule has 0 radical (unpaired) electrons. The van der Waals surface area contributed by atoms with Crippen molar-refractivity contribution in [3.8, 4) is 5.75 Å². The van der Waals surface area contributed by atoms with Crippen molar-refractivity contribution < 1.29 is 4.74 Å². The van der Waals surface area contributed by atoms with Gasteiger partial charge in [0.25, 0.3) is 0 Å². The lowest BCUT2D eigenvalue weighted by Gasteiger charge is -2.17. The van der Waals surface area contributed by atoms with Crippen LogP contribution < -0.4 is 10.1 Å². The number of para-hydroxylation sites is 1. The minimum Gasteiger partial charge on any atom is -0.494 e. The SMILES string of the molecule is CNCC(CCOc1ccccc1)Cc1ccc(Cl)cc1. The number of nitrogens with one attached hydrogen (secondary N) is 1. The summed E-state index contributed by atoms with van der Waals surface area (Å²) < 4.78 is 5.79. The van der Waals surface area contributed by atoms with Crippen LogP contribution in [0.15, 0.2) is 54.6 Å². The summed E-state index contributed by atoms with van der Waals surface area (Å²) >= 11 is 5.93. The van der Waals surface area contributed by atoms with Gasteiger partial charge in [0.05, 0.1) is 6.61 Å². The van der Waals surface area contributed by atoms with Gasteiger partial charge in [0.1, 0.15) is 5.75 Å². The molecule has 0 amide bonds. The van der Waals surface area contributed by atoms with Gasteiger partial charge in [-0.3, -0.25) is 0 Å². The van der Waals surface area contributed by atoms with Crippen molar-refractivity contribution in [1.82, 2.24) is 5.32 Å². The van der Waals surface area contributed by atoms with Crippen LogP contribution >= 0.6 is 11.6 Å². The molecule has 0 heterocycles. The Hall–Kier alpha value is -1.51. The molecule has 0 saturated carbocycles. The highest BCUT2D eigenvalue weighted by Crippen LogP contribution is 2.16. The smallest absolute Gasteiger partial charge is 0.119 e. The van der Waals surface area contributed by atoms with E-state index in [1.807, 2.05) is 49.5 Å². The summed E-state index contributed by atoms with van der Waals surface area (Å²) in [6, 6.07) is 18.1. The van der Waals surface area contributed by atoms with Crippen LogP contribution in [0.1, 0.15) is 12.0 Å². The minimum atomic E-state index is 0.555. The summed E-state index contributed by atoms with van der Waals surface area (Å²) in [6.07, 6.45) is 2.06. The number of benzene rings is 2. The molecule has 21 heavy (non-hydrogen) atoms. The van der Waals surface area contributed by atoms with E-state index in [9.17, 15) is 0 Å². The molecule has 0 aliphatic carbocycles. The monoisotopic (exact) mass is 303 g/mol. The van der Waals surface area contributed by atoms with E-state index >= 15 is 0 Å². The van der Waals surface area contributed by atoms with E-state index in [4.69, 9.17) is 16.3 Å². The fourth-order valence-electron chi connectivity index (χ4n) is 2.38. The molecule has 0 aromatic heterocycles. The lowest BCUT2D eigenvalue weighted by molar-refractivity contribution is 0.275. The lowest BCUT2D eigenvalue weighted by atomic mass is 9.96. The molecule has 0 aliphatic heterocycles. The van der Waals surface area contributed by atoms with Crippen molar-refractivity contribution >= 4 is 11.6 Å². The summed E-state index contributed by atoms with van der Waals surface area (Å²) in [5.74, 6) is 1.49. The highest BCUT2D eigenvalue weighted by Gasteiger charge is 2.09. The Morgan fingerprint density at radius 2 is 1.76 bits per heavy atom. The van der Waals surface area contributed by atoms with Gasteiger partial charge in [-0.2, -0.15) is 0 Å². The van der Waals surface area contributed by atoms with E-state index < -0.39 is 0 Å². The summed E-state index contributed by atoms with van der Waals surface area (Å²) in [6.45, 7) is 1.73. The highest BCUT2D eigenvalue weighted by atomic mass is 35.5. The fraction of sp³-hybridized carbons (Fsp3) is 0.333. The Morgan fingerprint density at radius 1 is 1.05 bits per heavy atom. The third kappa shape index (κ3) is 5.78. The number of halogens is 1. The molecular formula is C18H22ClNO. The Morgan fingerprint density at radius 3 is 2.43 bits per heavy atom. The lowest BCUT2D eigenvalue weighted by Crippen LogP contribution is -2.22. The predicted molar refractivity (Wildman–Crippen MR) is 89.1 cm³/mol. The van der Waals surface area contributed by atoms with Crippen molar-refractivity contribution in [1.29, 1.82) is 0 Å². The molecule has 3 heteroatoms. The first-order chi connectivity index (χ1) is 10.3. The molecule has 0 bridgehead atoms. The first-order valence-electron chi connectivity index (χ1n) is 7.35. The normalized spacial score (nSPS) is 12.1. The second-order valence-electron chi connectivity index (χ2n) is 5.20. The molecule has 0 fully saturated rings. The zero-order valence-electron chi connectivity index (χ0n) is 12.4. The van der Waals surface area contributed by atoms with Crippen LogP contribution in [0.4, 0.5) is 0 Å². The van der Waals surface area contributed by atoms with Crippen molar-refractivity contribution in [2.24, 2.45) is 5.92 Å². The molecule has 1 atom stereocenters. The van der Waals surface area contributed by atoms with Gasteiger partial charge in [0, 0.05) is 5.02 Å². The van der Waals surface area contributed by atoms with Crippen molar-refractivity contribution in [3.63, 3.8) is 0 Å². The van der Waals surface area contributed by atoms with Gasteiger partial charge in [-0.05, 0) is 62.2 Å². The summed E-state index contributed by atoms with van der Waals surface area (Å²) in [5, 5.41) is 4.05. The van der Waals surface area contributed by atoms with Gasteiger partial charge < -0.3 is 10.1 Å². The van der Waals surface area contributed by atoms with E-state index in [1.54, 1.807) is 0 Å². The Labute approximate surface area is 132 Å². The molecule has 2 aromatic rings. The molecule has 1 unspecified atom stereocenters. The zero-order valence-corrected chi connectivity index (χ0v) is 13.1. The number of hydrogen-bond donors (Lipinski definition) is 1. The van der Waals surface area contributed by atoms with Crippen LogP contribution in [0.25, 0.3) is 0 Å². The van der Waals surface area contributed by atoms with Crippen LogP contribution in [-0.4, -0.2) is 20.2 Å². The van der Waals surface area contributed by atoms with Crippen LogP contribution in [-0.2, 0) is 6.42 Å². The largest absolute Gasteiger partial charge is 0.494 e. The average Bonchev–Trinajstić information content (AvgIpc) is 2.51. The van der Waals surface area contributed by atoms with E-state index in [0.29, 0.717) is 5.92 Å². The third-order valence-electron chi connectivity index (χ3n) is 3.47. The van der Waals surface area contributed by atoms with Crippen molar-refractivity contribution in [2.75, 3.05) is 20.2 Å². The second-order valence-corrected chi connectivity index (χ2v) is 5.64. The van der Waals surface area contributed by atoms with E-state index in [2.05, 4.69) is 17.4 Å². The maximum atomic E-state index is 5.93. The summed E-state index contributed by atoms with van der Waals surface area (Å²) in [7, 11) is 1.99. The molecule has 0 saturated heterocycles. The van der Waals surface area contributed by atoms with Gasteiger partial charge in [-0.1, -0.05) is 41.9 Å². The first kappa shape index (κ1) is 15.9. The maximum absolute atomic E-state index is 5.93. The predicted octanol–water partition coefficient (Wildman–Crippen LogP) is 4.19. The molecule has 1 N–H and O–H groups in total. The molecule has 2 rings (SSSR count). The molecule has 2 nitrogen and oxygen atoms in total. The fourth-order valence-corrected chi connectivity index (χ4v) is 2.50. The van der Waals surface area contributed by atoms with Gasteiger partial charge >= 0.3 is 0 Å². The van der Waals surface area contributed by atoms with Crippen LogP contribution in [0.3, 0.4) is 0 Å². The van der Waals surface area contributed by atoms with Gasteiger partial charge in [0.2, 0.25) is 0 Å². The third-order valence-corrected chi connectivity index (χ3v) is 3.72. The number of hydrogen-bond acceptors (Lipinski definition) is 2. The second kappa shape index (κ2) is 8.71. The van der Waals surface area contributed by atoms with E-state index in [-0.39, 0.29) is 0 Å². The van der Waals surface area contributed by atoms with Crippen LogP contribution in [0.2, 0.25) is 5.02 Å². The van der Waals surface area contributed by atoms with Crippen LogP contribution in [0.5, 0.6) is 5.75 Å². The summed E-state index contributed by atoms with van der Waals surface area (Å²) in [4.78, 5) is 0. The number of ether oxygens (including phenoxy) is 1. The maximum Gasteiger partial charge on any atom is 0.119 e. The minimum absolute atomic E-state index is 0.555. The first-order valence-corrected chi connectivity index (χ1v) is 7.72. The Balaban J connectivity index is 1.82. The molecular weight excluding hydrogens is 282 g/mol. The topological polar surface area (TPSA) is 21.3 Å². The highest BCUT2D eigenvalue weighted by molar-refractivity contribution is 6.30. The standard InChI is InChI=1S/C18H22ClNO/c1-20-14-16(13-15-7-9-17(19)10-8-15)11-12-21-18-5-3-2-4-6-18/h2-10,16,20H,11-14H2,1H3. The molecule has 0 spiro atoms. The van der Waals surface area contributed by atoms with Gasteiger partial charge in [-0.15, -0.1) is 0 Å². The number of rotatable bonds is 8. The van der Waals surface area contributed by atoms with Crippen molar-refractivity contribution in [2.45, 2.75) is 12.8 Å². The average molecular weight is 304 g/mol. The Kier molecular flexibility index (Phi) is 6.58. The van der Waals surface area contributed by atoms with Gasteiger partial charge in [0.15, 0.2) is 0 Å². The molecule has 0 aliphatic rings. The summed E-state index contributed by atoms with van der Waals surface area (Å²) in [5.41, 5.74) is 1.32. The molecule has 2 aromatic carbocycles. The van der Waals surface area contributed by atoms with Gasteiger partial charge in [-0.25, -0.2) is 0 Å².